The normalized spacial score (nSPS) is 26.7. The molecule has 148 valence electrons. The molecule has 0 aliphatic carbocycles. The molecule has 10 heteroatoms. The SMILES string of the molecule is CCS(=O)(=O)N1C[C@@H]2CN(Cc3cnn(C)c3C)C[C@]2(c2nc(C)no2)C1. The third kappa shape index (κ3) is 2.99. The van der Waals surface area contributed by atoms with Crippen LogP contribution >= 0.6 is 0 Å². The van der Waals surface area contributed by atoms with Crippen LogP contribution in [0.1, 0.15) is 29.9 Å². The van der Waals surface area contributed by atoms with Gasteiger partial charge in [-0.25, -0.2) is 12.7 Å². The number of aryl methyl sites for hydroxylation is 2. The molecule has 0 spiro atoms. The lowest BCUT2D eigenvalue weighted by atomic mass is 9.81. The number of fused-ring (bicyclic) bond motifs is 1. The summed E-state index contributed by atoms with van der Waals surface area (Å²) in [5.74, 6) is 1.38. The molecule has 2 saturated heterocycles. The van der Waals surface area contributed by atoms with Crippen LogP contribution in [0.2, 0.25) is 0 Å². The second-order valence-corrected chi connectivity index (χ2v) is 10.00. The molecule has 0 radical (unpaired) electrons. The Morgan fingerprint density at radius 3 is 2.67 bits per heavy atom. The summed E-state index contributed by atoms with van der Waals surface area (Å²) >= 11 is 0. The van der Waals surface area contributed by atoms with Crippen LogP contribution in [0.4, 0.5) is 0 Å². The van der Waals surface area contributed by atoms with E-state index in [0.717, 1.165) is 18.8 Å². The van der Waals surface area contributed by atoms with Crippen molar-refractivity contribution in [1.82, 2.24) is 29.1 Å². The van der Waals surface area contributed by atoms with Gasteiger partial charge in [-0.1, -0.05) is 5.16 Å². The Balaban J connectivity index is 1.63. The van der Waals surface area contributed by atoms with Gasteiger partial charge < -0.3 is 4.52 Å². The van der Waals surface area contributed by atoms with E-state index in [2.05, 4.69) is 27.1 Å². The topological polar surface area (TPSA) is 97.4 Å². The minimum absolute atomic E-state index is 0.108. The van der Waals surface area contributed by atoms with E-state index in [1.165, 1.54) is 5.56 Å². The van der Waals surface area contributed by atoms with Gasteiger partial charge in [0.25, 0.3) is 0 Å². The summed E-state index contributed by atoms with van der Waals surface area (Å²) in [6.07, 6.45) is 1.90. The highest BCUT2D eigenvalue weighted by atomic mass is 32.2. The predicted octanol–water partition coefficient (Wildman–Crippen LogP) is 0.455. The number of hydrogen-bond acceptors (Lipinski definition) is 7. The van der Waals surface area contributed by atoms with E-state index in [4.69, 9.17) is 4.52 Å². The minimum Gasteiger partial charge on any atom is -0.339 e. The Labute approximate surface area is 159 Å². The molecule has 4 rings (SSSR count). The molecule has 2 aliphatic rings. The molecule has 4 heterocycles. The van der Waals surface area contributed by atoms with Crippen LogP contribution < -0.4 is 0 Å². The first kappa shape index (κ1) is 18.6. The molecule has 0 amide bonds. The average molecular weight is 395 g/mol. The first-order valence-corrected chi connectivity index (χ1v) is 10.8. The van der Waals surface area contributed by atoms with Crippen LogP contribution in [0, 0.1) is 19.8 Å². The van der Waals surface area contributed by atoms with Crippen molar-refractivity contribution in [3.8, 4) is 0 Å². The second-order valence-electron chi connectivity index (χ2n) is 7.74. The van der Waals surface area contributed by atoms with Crippen molar-refractivity contribution in [2.45, 2.75) is 32.7 Å². The number of aromatic nitrogens is 4. The first-order chi connectivity index (χ1) is 12.7. The van der Waals surface area contributed by atoms with Gasteiger partial charge in [0, 0.05) is 56.9 Å². The Morgan fingerprint density at radius 2 is 2.07 bits per heavy atom. The third-order valence-corrected chi connectivity index (χ3v) is 7.89. The summed E-state index contributed by atoms with van der Waals surface area (Å²) in [4.78, 5) is 6.84. The quantitative estimate of drug-likeness (QED) is 0.726. The Kier molecular flexibility index (Phi) is 4.39. The molecule has 27 heavy (non-hydrogen) atoms. The van der Waals surface area contributed by atoms with Crippen molar-refractivity contribution < 1.29 is 12.9 Å². The van der Waals surface area contributed by atoms with Gasteiger partial charge in [-0.05, 0) is 20.8 Å². The van der Waals surface area contributed by atoms with E-state index in [1.807, 2.05) is 17.9 Å². The zero-order valence-electron chi connectivity index (χ0n) is 16.2. The first-order valence-electron chi connectivity index (χ1n) is 9.23. The summed E-state index contributed by atoms with van der Waals surface area (Å²) in [5.41, 5.74) is 1.89. The lowest BCUT2D eigenvalue weighted by molar-refractivity contribution is 0.244. The number of nitrogens with zero attached hydrogens (tertiary/aromatic N) is 6. The largest absolute Gasteiger partial charge is 0.339 e. The van der Waals surface area contributed by atoms with E-state index < -0.39 is 15.4 Å². The summed E-state index contributed by atoms with van der Waals surface area (Å²) < 4.78 is 34.0. The molecule has 0 saturated carbocycles. The van der Waals surface area contributed by atoms with Gasteiger partial charge in [0.05, 0.1) is 17.4 Å². The maximum atomic E-state index is 12.5. The summed E-state index contributed by atoms with van der Waals surface area (Å²) in [5, 5.41) is 8.29. The molecule has 9 nitrogen and oxygen atoms in total. The summed E-state index contributed by atoms with van der Waals surface area (Å²) in [7, 11) is -1.31. The van der Waals surface area contributed by atoms with E-state index in [1.54, 1.807) is 18.2 Å². The van der Waals surface area contributed by atoms with Gasteiger partial charge in [-0.15, -0.1) is 0 Å². The zero-order chi connectivity index (χ0) is 19.4. The smallest absolute Gasteiger partial charge is 0.235 e. The number of hydrogen-bond donors (Lipinski definition) is 0. The molecule has 0 bridgehead atoms. The van der Waals surface area contributed by atoms with E-state index in [0.29, 0.717) is 31.3 Å². The van der Waals surface area contributed by atoms with Gasteiger partial charge >= 0.3 is 0 Å². The monoisotopic (exact) mass is 394 g/mol. The Bertz CT molecular complexity index is 952. The van der Waals surface area contributed by atoms with Crippen molar-refractivity contribution in [3.05, 3.63) is 29.2 Å². The standard InChI is InChI=1S/C17H26N6O3S/c1-5-27(24,25)23-9-15-8-22(7-14-6-18-21(4)12(14)2)10-17(15,11-23)16-19-13(3)20-26-16/h6,15H,5,7-11H2,1-4H3/t15-,17-/m0/s1. The maximum absolute atomic E-state index is 12.5. The molecule has 2 aromatic rings. The van der Waals surface area contributed by atoms with Gasteiger partial charge in [-0.2, -0.15) is 10.1 Å². The lowest BCUT2D eigenvalue weighted by Gasteiger charge is -2.25. The number of likely N-dealkylation sites (tertiary alicyclic amines) is 1. The fourth-order valence-electron chi connectivity index (χ4n) is 4.38. The molecule has 2 atom stereocenters. The highest BCUT2D eigenvalue weighted by Gasteiger charge is 2.58. The minimum atomic E-state index is -3.25. The highest BCUT2D eigenvalue weighted by molar-refractivity contribution is 7.89. The highest BCUT2D eigenvalue weighted by Crippen LogP contribution is 2.45. The van der Waals surface area contributed by atoms with Crippen LogP contribution in [-0.2, 0) is 29.0 Å². The van der Waals surface area contributed by atoms with Crippen molar-refractivity contribution in [1.29, 1.82) is 0 Å². The molecule has 2 aromatic heterocycles. The predicted molar refractivity (Wildman–Crippen MR) is 98.5 cm³/mol. The molecular formula is C17H26N6O3S. The molecular weight excluding hydrogens is 368 g/mol. The van der Waals surface area contributed by atoms with Crippen LogP contribution in [0.5, 0.6) is 0 Å². The van der Waals surface area contributed by atoms with E-state index in [-0.39, 0.29) is 11.7 Å². The summed E-state index contributed by atoms with van der Waals surface area (Å²) in [6, 6.07) is 0. The van der Waals surface area contributed by atoms with Crippen molar-refractivity contribution in [2.75, 3.05) is 31.9 Å². The van der Waals surface area contributed by atoms with Gasteiger partial charge in [0.1, 0.15) is 0 Å². The molecule has 2 fully saturated rings. The second kappa shape index (κ2) is 6.39. The van der Waals surface area contributed by atoms with Crippen LogP contribution in [0.3, 0.4) is 0 Å². The fraction of sp³-hybridized carbons (Fsp3) is 0.706. The van der Waals surface area contributed by atoms with E-state index in [9.17, 15) is 8.42 Å². The van der Waals surface area contributed by atoms with Crippen LogP contribution in [-0.4, -0.2) is 69.5 Å². The van der Waals surface area contributed by atoms with Crippen LogP contribution in [0.15, 0.2) is 10.7 Å². The number of sulfonamides is 1. The van der Waals surface area contributed by atoms with E-state index >= 15 is 0 Å². The van der Waals surface area contributed by atoms with Gasteiger partial charge in [-0.3, -0.25) is 9.58 Å². The molecule has 2 aliphatic heterocycles. The van der Waals surface area contributed by atoms with Crippen molar-refractivity contribution in [2.24, 2.45) is 13.0 Å². The van der Waals surface area contributed by atoms with Gasteiger partial charge in [0.15, 0.2) is 5.82 Å². The fourth-order valence-corrected chi connectivity index (χ4v) is 5.58. The number of rotatable bonds is 5. The maximum Gasteiger partial charge on any atom is 0.235 e. The Morgan fingerprint density at radius 1 is 1.30 bits per heavy atom. The third-order valence-electron chi connectivity index (χ3n) is 6.09. The van der Waals surface area contributed by atoms with Crippen LogP contribution in [0.25, 0.3) is 0 Å². The lowest BCUT2D eigenvalue weighted by Crippen LogP contribution is -2.40. The summed E-state index contributed by atoms with van der Waals surface area (Å²) in [6.45, 7) is 8.72. The van der Waals surface area contributed by atoms with Crippen molar-refractivity contribution in [3.63, 3.8) is 0 Å². The molecule has 0 aromatic carbocycles. The molecule has 0 unspecified atom stereocenters. The zero-order valence-corrected chi connectivity index (χ0v) is 17.0. The van der Waals surface area contributed by atoms with Crippen molar-refractivity contribution >= 4 is 10.0 Å². The average Bonchev–Trinajstić information content (AvgIpc) is 3.35. The molecule has 0 N–H and O–H groups in total. The Hall–Kier alpha value is -1.78. The van der Waals surface area contributed by atoms with Gasteiger partial charge in [0.2, 0.25) is 15.9 Å².